The van der Waals surface area contributed by atoms with Crippen molar-refractivity contribution in [2.45, 2.75) is 37.6 Å². The van der Waals surface area contributed by atoms with Gasteiger partial charge in [0.05, 0.1) is 11.5 Å². The molecule has 2 rings (SSSR count). The molecule has 1 atom stereocenters. The maximum Gasteiger partial charge on any atom is 0.328 e. The molecule has 0 saturated heterocycles. The standard InChI is InChI=1S/C19H22ClNO5S/c1-3-4-11-26-19(23)18(16-12-14(20)7-10-17(16)22)21-27(24,25)15-8-5-13(2)6-9-15/h5-10,12,18,21-22H,3-4,11H2,1-2H3. The Bertz CT molecular complexity index is 897. The van der Waals surface area contributed by atoms with Crippen LogP contribution in [0.2, 0.25) is 5.02 Å². The number of hydrogen-bond acceptors (Lipinski definition) is 5. The first kappa shape index (κ1) is 21.2. The fourth-order valence-electron chi connectivity index (χ4n) is 2.34. The Morgan fingerprint density at radius 3 is 2.52 bits per heavy atom. The molecule has 0 aliphatic carbocycles. The molecule has 0 spiro atoms. The van der Waals surface area contributed by atoms with E-state index in [1.807, 2.05) is 13.8 Å². The van der Waals surface area contributed by atoms with Crippen molar-refractivity contribution < 1.29 is 23.1 Å². The van der Waals surface area contributed by atoms with Gasteiger partial charge in [0, 0.05) is 10.6 Å². The number of carbonyl (C=O) groups excluding carboxylic acids is 1. The van der Waals surface area contributed by atoms with E-state index in [1.165, 1.54) is 30.3 Å². The Morgan fingerprint density at radius 1 is 1.22 bits per heavy atom. The predicted octanol–water partition coefficient (Wildman–Crippen LogP) is 3.72. The summed E-state index contributed by atoms with van der Waals surface area (Å²) in [6, 6.07) is 8.83. The Labute approximate surface area is 164 Å². The minimum Gasteiger partial charge on any atom is -0.508 e. The zero-order chi connectivity index (χ0) is 20.0. The molecule has 0 aromatic heterocycles. The summed E-state index contributed by atoms with van der Waals surface area (Å²) < 4.78 is 32.9. The highest BCUT2D eigenvalue weighted by Gasteiger charge is 2.30. The van der Waals surface area contributed by atoms with E-state index in [9.17, 15) is 18.3 Å². The summed E-state index contributed by atoms with van der Waals surface area (Å²) in [6.45, 7) is 3.93. The number of esters is 1. The molecule has 27 heavy (non-hydrogen) atoms. The lowest BCUT2D eigenvalue weighted by Gasteiger charge is -2.19. The van der Waals surface area contributed by atoms with Crippen LogP contribution in [0.1, 0.15) is 36.9 Å². The van der Waals surface area contributed by atoms with Crippen molar-refractivity contribution in [3.63, 3.8) is 0 Å². The Kier molecular flexibility index (Phi) is 7.24. The van der Waals surface area contributed by atoms with Crippen molar-refractivity contribution in [1.29, 1.82) is 0 Å². The molecule has 0 bridgehead atoms. The molecule has 146 valence electrons. The topological polar surface area (TPSA) is 92.7 Å². The van der Waals surface area contributed by atoms with Crippen LogP contribution >= 0.6 is 11.6 Å². The largest absolute Gasteiger partial charge is 0.508 e. The molecule has 2 N–H and O–H groups in total. The van der Waals surface area contributed by atoms with E-state index in [0.717, 1.165) is 12.0 Å². The van der Waals surface area contributed by atoms with E-state index in [4.69, 9.17) is 16.3 Å². The first-order chi connectivity index (χ1) is 12.7. The van der Waals surface area contributed by atoms with Crippen molar-refractivity contribution >= 4 is 27.6 Å². The van der Waals surface area contributed by atoms with Crippen LogP contribution < -0.4 is 4.72 Å². The van der Waals surface area contributed by atoms with Crippen LogP contribution in [-0.4, -0.2) is 26.1 Å². The van der Waals surface area contributed by atoms with Crippen LogP contribution in [0.25, 0.3) is 0 Å². The summed E-state index contributed by atoms with van der Waals surface area (Å²) in [6.07, 6.45) is 1.46. The van der Waals surface area contributed by atoms with Crippen LogP contribution in [0.3, 0.4) is 0 Å². The van der Waals surface area contributed by atoms with E-state index >= 15 is 0 Å². The number of phenolic OH excluding ortho intramolecular Hbond substituents is 1. The molecule has 8 heteroatoms. The summed E-state index contributed by atoms with van der Waals surface area (Å²) in [7, 11) is -4.03. The summed E-state index contributed by atoms with van der Waals surface area (Å²) >= 11 is 5.96. The summed E-state index contributed by atoms with van der Waals surface area (Å²) in [4.78, 5) is 12.5. The first-order valence-corrected chi connectivity index (χ1v) is 10.3. The number of carbonyl (C=O) groups is 1. The van der Waals surface area contributed by atoms with Gasteiger partial charge in [-0.05, 0) is 43.7 Å². The maximum atomic E-state index is 12.7. The second-order valence-corrected chi connectivity index (χ2v) is 8.24. The van der Waals surface area contributed by atoms with Gasteiger partial charge in [-0.3, -0.25) is 0 Å². The highest BCUT2D eigenvalue weighted by molar-refractivity contribution is 7.89. The number of hydrogen-bond donors (Lipinski definition) is 2. The predicted molar refractivity (Wildman–Crippen MR) is 103 cm³/mol. The maximum absolute atomic E-state index is 12.7. The van der Waals surface area contributed by atoms with E-state index in [2.05, 4.69) is 4.72 Å². The van der Waals surface area contributed by atoms with Gasteiger partial charge in [-0.25, -0.2) is 13.2 Å². The Morgan fingerprint density at radius 2 is 1.89 bits per heavy atom. The summed E-state index contributed by atoms with van der Waals surface area (Å²) in [5.74, 6) is -1.07. The van der Waals surface area contributed by atoms with Gasteiger partial charge in [-0.1, -0.05) is 42.6 Å². The van der Waals surface area contributed by atoms with Gasteiger partial charge in [0.15, 0.2) is 0 Å². The molecule has 2 aromatic rings. The number of rotatable bonds is 8. The number of aromatic hydroxyl groups is 1. The lowest BCUT2D eigenvalue weighted by atomic mass is 10.1. The van der Waals surface area contributed by atoms with Crippen molar-refractivity contribution in [1.82, 2.24) is 4.72 Å². The molecule has 0 aliphatic heterocycles. The summed E-state index contributed by atoms with van der Waals surface area (Å²) in [5, 5.41) is 10.4. The highest BCUT2D eigenvalue weighted by atomic mass is 35.5. The third-order valence-corrected chi connectivity index (χ3v) is 5.56. The number of aryl methyl sites for hydroxylation is 1. The van der Waals surface area contributed by atoms with Crippen LogP contribution in [0.5, 0.6) is 5.75 Å². The van der Waals surface area contributed by atoms with E-state index in [0.29, 0.717) is 6.42 Å². The van der Waals surface area contributed by atoms with Crippen LogP contribution in [0.15, 0.2) is 47.4 Å². The van der Waals surface area contributed by atoms with Crippen LogP contribution in [-0.2, 0) is 19.6 Å². The van der Waals surface area contributed by atoms with Crippen LogP contribution in [0, 0.1) is 6.92 Å². The monoisotopic (exact) mass is 411 g/mol. The van der Waals surface area contributed by atoms with Gasteiger partial charge in [0.1, 0.15) is 11.8 Å². The molecule has 0 heterocycles. The van der Waals surface area contributed by atoms with Gasteiger partial charge in [-0.2, -0.15) is 4.72 Å². The third kappa shape index (κ3) is 5.69. The molecule has 1 unspecified atom stereocenters. The molecule has 2 aromatic carbocycles. The van der Waals surface area contributed by atoms with Crippen molar-refractivity contribution in [2.24, 2.45) is 0 Å². The normalized spacial score (nSPS) is 12.6. The second-order valence-electron chi connectivity index (χ2n) is 6.09. The molecule has 0 fully saturated rings. The Hall–Kier alpha value is -2.09. The van der Waals surface area contributed by atoms with E-state index < -0.39 is 22.0 Å². The molecule has 0 radical (unpaired) electrons. The molecule has 0 saturated carbocycles. The fourth-order valence-corrected chi connectivity index (χ4v) is 3.68. The Balaban J connectivity index is 2.38. The fraction of sp³-hybridized carbons (Fsp3) is 0.316. The average molecular weight is 412 g/mol. The van der Waals surface area contributed by atoms with Crippen molar-refractivity contribution in [3.05, 3.63) is 58.6 Å². The molecule has 0 amide bonds. The minimum absolute atomic E-state index is 0.000904. The first-order valence-electron chi connectivity index (χ1n) is 8.48. The van der Waals surface area contributed by atoms with Crippen molar-refractivity contribution in [3.8, 4) is 5.75 Å². The quantitative estimate of drug-likeness (QED) is 0.510. The van der Waals surface area contributed by atoms with Gasteiger partial charge in [0.2, 0.25) is 10.0 Å². The molecule has 6 nitrogen and oxygen atoms in total. The zero-order valence-corrected chi connectivity index (χ0v) is 16.7. The number of benzene rings is 2. The number of ether oxygens (including phenoxy) is 1. The second kappa shape index (κ2) is 9.21. The summed E-state index contributed by atoms with van der Waals surface area (Å²) in [5.41, 5.74) is 0.927. The van der Waals surface area contributed by atoms with Crippen LogP contribution in [0.4, 0.5) is 0 Å². The molecular formula is C19H22ClNO5S. The van der Waals surface area contributed by atoms with Gasteiger partial charge < -0.3 is 9.84 Å². The molecule has 0 aliphatic rings. The van der Waals surface area contributed by atoms with E-state index in [1.54, 1.807) is 12.1 Å². The van der Waals surface area contributed by atoms with Gasteiger partial charge in [-0.15, -0.1) is 0 Å². The lowest BCUT2D eigenvalue weighted by Crippen LogP contribution is -2.35. The minimum atomic E-state index is -4.03. The third-order valence-electron chi connectivity index (χ3n) is 3.88. The van der Waals surface area contributed by atoms with Gasteiger partial charge >= 0.3 is 5.97 Å². The molecular weight excluding hydrogens is 390 g/mol. The van der Waals surface area contributed by atoms with Gasteiger partial charge in [0.25, 0.3) is 0 Å². The van der Waals surface area contributed by atoms with E-state index in [-0.39, 0.29) is 27.8 Å². The number of halogens is 1. The lowest BCUT2D eigenvalue weighted by molar-refractivity contribution is -0.146. The zero-order valence-electron chi connectivity index (χ0n) is 15.1. The number of phenols is 1. The SMILES string of the molecule is CCCCOC(=O)C(NS(=O)(=O)c1ccc(C)cc1)c1cc(Cl)ccc1O. The highest BCUT2D eigenvalue weighted by Crippen LogP contribution is 2.29. The number of nitrogens with one attached hydrogen (secondary N) is 1. The van der Waals surface area contributed by atoms with Crippen molar-refractivity contribution in [2.75, 3.05) is 6.61 Å². The number of unbranched alkanes of at least 4 members (excludes halogenated alkanes) is 1. The number of sulfonamides is 1. The average Bonchev–Trinajstić information content (AvgIpc) is 2.62. The smallest absolute Gasteiger partial charge is 0.328 e.